The Kier molecular flexibility index (Phi) is 5.29. The third-order valence-corrected chi connectivity index (χ3v) is 3.01. The normalized spacial score (nSPS) is 10.8. The highest BCUT2D eigenvalue weighted by Gasteiger charge is 2.26. The minimum Gasteiger partial charge on any atom is -0.481 e. The minimum absolute atomic E-state index is 0.242. The molecule has 1 aromatic rings. The molecule has 0 fully saturated rings. The molecule has 0 aliphatic heterocycles. The maximum absolute atomic E-state index is 11.9. The molecule has 7 nitrogen and oxygen atoms in total. The quantitative estimate of drug-likeness (QED) is 0.633. The second kappa shape index (κ2) is 6.74. The van der Waals surface area contributed by atoms with Gasteiger partial charge in [0.15, 0.2) is 0 Å². The number of aliphatic carboxylic acids is 1. The first-order valence-electron chi connectivity index (χ1n) is 6.40. The van der Waals surface area contributed by atoms with E-state index in [0.29, 0.717) is 17.7 Å². The summed E-state index contributed by atoms with van der Waals surface area (Å²) in [6.07, 6.45) is 0.313. The van der Waals surface area contributed by atoms with E-state index in [2.05, 4.69) is 10.6 Å². The van der Waals surface area contributed by atoms with Gasteiger partial charge in [-0.2, -0.15) is 0 Å². The highest BCUT2D eigenvalue weighted by molar-refractivity contribution is 5.96. The van der Waals surface area contributed by atoms with Crippen molar-refractivity contribution in [2.75, 3.05) is 11.9 Å². The summed E-state index contributed by atoms with van der Waals surface area (Å²) < 4.78 is 0. The van der Waals surface area contributed by atoms with Crippen LogP contribution in [0.3, 0.4) is 0 Å². The highest BCUT2D eigenvalue weighted by Crippen LogP contribution is 2.19. The van der Waals surface area contributed by atoms with Gasteiger partial charge in [-0.15, -0.1) is 0 Å². The summed E-state index contributed by atoms with van der Waals surface area (Å²) in [5.74, 6) is -1.26. The van der Waals surface area contributed by atoms with Gasteiger partial charge in [-0.05, 0) is 38.5 Å². The molecule has 1 rings (SSSR count). The fourth-order valence-electron chi connectivity index (χ4n) is 1.58. The van der Waals surface area contributed by atoms with Crippen LogP contribution >= 0.6 is 0 Å². The SMILES string of the molecule is CC(C)(CCNC(=O)c1cccc(NC(N)=O)c1)C(=O)O. The highest BCUT2D eigenvalue weighted by atomic mass is 16.4. The van der Waals surface area contributed by atoms with Crippen molar-refractivity contribution in [1.82, 2.24) is 5.32 Å². The molecular weight excluding hydrogens is 274 g/mol. The molecule has 0 radical (unpaired) electrons. The van der Waals surface area contributed by atoms with E-state index in [1.165, 1.54) is 6.07 Å². The van der Waals surface area contributed by atoms with Crippen LogP contribution in [0.15, 0.2) is 24.3 Å². The van der Waals surface area contributed by atoms with Crippen molar-refractivity contribution in [2.24, 2.45) is 11.1 Å². The van der Waals surface area contributed by atoms with Gasteiger partial charge in [-0.3, -0.25) is 9.59 Å². The number of carboxylic acids is 1. The molecule has 3 amide bonds. The number of benzene rings is 1. The number of hydrogen-bond acceptors (Lipinski definition) is 3. The second-order valence-corrected chi connectivity index (χ2v) is 5.26. The molecular formula is C14H19N3O4. The zero-order chi connectivity index (χ0) is 16.0. The maximum atomic E-state index is 11.9. The fourth-order valence-corrected chi connectivity index (χ4v) is 1.58. The lowest BCUT2D eigenvalue weighted by molar-refractivity contribution is -0.147. The van der Waals surface area contributed by atoms with Gasteiger partial charge in [0.2, 0.25) is 0 Å². The van der Waals surface area contributed by atoms with Crippen molar-refractivity contribution >= 4 is 23.6 Å². The van der Waals surface area contributed by atoms with Crippen molar-refractivity contribution in [3.8, 4) is 0 Å². The summed E-state index contributed by atoms with van der Waals surface area (Å²) >= 11 is 0. The molecule has 21 heavy (non-hydrogen) atoms. The molecule has 0 atom stereocenters. The van der Waals surface area contributed by atoms with Crippen molar-refractivity contribution in [1.29, 1.82) is 0 Å². The number of urea groups is 1. The Morgan fingerprint density at radius 3 is 2.52 bits per heavy atom. The molecule has 0 aliphatic carbocycles. The molecule has 5 N–H and O–H groups in total. The lowest BCUT2D eigenvalue weighted by atomic mass is 9.90. The zero-order valence-electron chi connectivity index (χ0n) is 12.0. The van der Waals surface area contributed by atoms with E-state index in [9.17, 15) is 14.4 Å². The number of carbonyl (C=O) groups is 3. The Labute approximate surface area is 122 Å². The first-order valence-corrected chi connectivity index (χ1v) is 6.40. The smallest absolute Gasteiger partial charge is 0.316 e. The van der Waals surface area contributed by atoms with E-state index >= 15 is 0 Å². The van der Waals surface area contributed by atoms with Crippen LogP contribution in [0.4, 0.5) is 10.5 Å². The average molecular weight is 293 g/mol. The molecule has 114 valence electrons. The van der Waals surface area contributed by atoms with E-state index in [0.717, 1.165) is 0 Å². The molecule has 0 saturated carbocycles. The van der Waals surface area contributed by atoms with Crippen molar-refractivity contribution in [3.63, 3.8) is 0 Å². The first kappa shape index (κ1) is 16.5. The Hall–Kier alpha value is -2.57. The fraction of sp³-hybridized carbons (Fsp3) is 0.357. The summed E-state index contributed by atoms with van der Waals surface area (Å²) in [5.41, 5.74) is 4.87. The molecule has 0 heterocycles. The summed E-state index contributed by atoms with van der Waals surface area (Å²) in [5, 5.41) is 14.0. The molecule has 0 unspecified atom stereocenters. The molecule has 0 saturated heterocycles. The van der Waals surface area contributed by atoms with Gasteiger partial charge in [0, 0.05) is 17.8 Å². The number of carboxylic acid groups (broad SMARTS) is 1. The van der Waals surface area contributed by atoms with Gasteiger partial charge >= 0.3 is 12.0 Å². The zero-order valence-corrected chi connectivity index (χ0v) is 12.0. The monoisotopic (exact) mass is 293 g/mol. The summed E-state index contributed by atoms with van der Waals surface area (Å²) in [4.78, 5) is 33.6. The number of nitrogens with two attached hydrogens (primary N) is 1. The van der Waals surface area contributed by atoms with Crippen LogP contribution in [0.1, 0.15) is 30.6 Å². The van der Waals surface area contributed by atoms with E-state index in [1.54, 1.807) is 32.0 Å². The Bertz CT molecular complexity index is 555. The number of hydrogen-bond donors (Lipinski definition) is 4. The van der Waals surface area contributed by atoms with Crippen molar-refractivity contribution in [2.45, 2.75) is 20.3 Å². The standard InChI is InChI=1S/C14H19N3O4/c1-14(2,12(19)20)6-7-16-11(18)9-4-3-5-10(8-9)17-13(15)21/h3-5,8H,6-7H2,1-2H3,(H,16,18)(H,19,20)(H3,15,17,21). The van der Waals surface area contributed by atoms with E-state index in [1.807, 2.05) is 0 Å². The van der Waals surface area contributed by atoms with E-state index < -0.39 is 17.4 Å². The van der Waals surface area contributed by atoms with Gasteiger partial charge in [-0.1, -0.05) is 6.07 Å². The van der Waals surface area contributed by atoms with Crippen LogP contribution in [0, 0.1) is 5.41 Å². The molecule has 0 bridgehead atoms. The third kappa shape index (κ3) is 5.13. The number of nitrogens with one attached hydrogen (secondary N) is 2. The Morgan fingerprint density at radius 2 is 1.95 bits per heavy atom. The molecule has 0 spiro atoms. The van der Waals surface area contributed by atoms with E-state index in [4.69, 9.17) is 10.8 Å². The number of amides is 3. The first-order chi connectivity index (χ1) is 9.72. The van der Waals surface area contributed by atoms with Crippen LogP contribution in [-0.4, -0.2) is 29.6 Å². The third-order valence-electron chi connectivity index (χ3n) is 3.01. The van der Waals surface area contributed by atoms with Gasteiger partial charge in [0.25, 0.3) is 5.91 Å². The molecule has 1 aromatic carbocycles. The predicted molar refractivity (Wildman–Crippen MR) is 78.0 cm³/mol. The topological polar surface area (TPSA) is 122 Å². The maximum Gasteiger partial charge on any atom is 0.316 e. The van der Waals surface area contributed by atoms with Crippen LogP contribution in [-0.2, 0) is 4.79 Å². The number of rotatable bonds is 6. The van der Waals surface area contributed by atoms with Crippen LogP contribution in [0.5, 0.6) is 0 Å². The lowest BCUT2D eigenvalue weighted by Gasteiger charge is -2.18. The number of carbonyl (C=O) groups excluding carboxylic acids is 2. The minimum atomic E-state index is -0.913. The van der Waals surface area contributed by atoms with Crippen LogP contribution < -0.4 is 16.4 Å². The van der Waals surface area contributed by atoms with Gasteiger partial charge < -0.3 is 21.5 Å². The van der Waals surface area contributed by atoms with Crippen molar-refractivity contribution < 1.29 is 19.5 Å². The number of anilines is 1. The summed E-state index contributed by atoms with van der Waals surface area (Å²) in [6, 6.07) is 5.58. The average Bonchev–Trinajstić information content (AvgIpc) is 2.37. The number of primary amides is 1. The van der Waals surface area contributed by atoms with Gasteiger partial charge in [-0.25, -0.2) is 4.79 Å². The van der Waals surface area contributed by atoms with Gasteiger partial charge in [0.1, 0.15) is 0 Å². The van der Waals surface area contributed by atoms with Crippen LogP contribution in [0.25, 0.3) is 0 Å². The molecule has 0 aromatic heterocycles. The van der Waals surface area contributed by atoms with E-state index in [-0.39, 0.29) is 12.5 Å². The molecule has 7 heteroatoms. The Morgan fingerprint density at radius 1 is 1.29 bits per heavy atom. The summed E-state index contributed by atoms with van der Waals surface area (Å²) in [7, 11) is 0. The molecule has 0 aliphatic rings. The van der Waals surface area contributed by atoms with Crippen molar-refractivity contribution in [3.05, 3.63) is 29.8 Å². The largest absolute Gasteiger partial charge is 0.481 e. The second-order valence-electron chi connectivity index (χ2n) is 5.26. The Balaban J connectivity index is 2.60. The lowest BCUT2D eigenvalue weighted by Crippen LogP contribution is -2.32. The summed E-state index contributed by atoms with van der Waals surface area (Å²) in [6.45, 7) is 3.43. The predicted octanol–water partition coefficient (Wildman–Crippen LogP) is 1.41. The van der Waals surface area contributed by atoms with Crippen LogP contribution in [0.2, 0.25) is 0 Å². The van der Waals surface area contributed by atoms with Gasteiger partial charge in [0.05, 0.1) is 5.41 Å².